The Morgan fingerprint density at radius 2 is 2.25 bits per heavy atom. The Labute approximate surface area is 51.0 Å². The van der Waals surface area contributed by atoms with Gasteiger partial charge in [0.25, 0.3) is 0 Å². The minimum atomic E-state index is 0.160. The van der Waals surface area contributed by atoms with Crippen LogP contribution in [0.1, 0.15) is 0 Å². The van der Waals surface area contributed by atoms with Gasteiger partial charge in [0.2, 0.25) is 5.62 Å². The summed E-state index contributed by atoms with van der Waals surface area (Å²) in [5, 5.41) is 14.0. The van der Waals surface area contributed by atoms with E-state index in [0.717, 1.165) is 4.09 Å². The van der Waals surface area contributed by atoms with Gasteiger partial charge in [0.1, 0.15) is 0 Å². The first-order valence-electron chi connectivity index (χ1n) is 1.94. The lowest BCUT2D eigenvalue weighted by Crippen LogP contribution is -2.18. The van der Waals surface area contributed by atoms with Gasteiger partial charge in [-0.15, -0.1) is 0 Å². The van der Waals surface area contributed by atoms with Crippen LogP contribution in [0.5, 0.6) is 0 Å². The second-order valence-corrected chi connectivity index (χ2v) is 1.69. The van der Waals surface area contributed by atoms with E-state index in [4.69, 9.17) is 5.41 Å². The molecular formula is C2H5N5S. The van der Waals surface area contributed by atoms with E-state index >= 15 is 0 Å². The highest BCUT2D eigenvalue weighted by atomic mass is 32.1. The fourth-order valence-electron chi connectivity index (χ4n) is 0.312. The summed E-state index contributed by atoms with van der Waals surface area (Å²) in [6.07, 6.45) is 0. The number of thiol groups is 1. The molecule has 0 bridgehead atoms. The highest BCUT2D eigenvalue weighted by molar-refractivity contribution is 7.78. The lowest BCUT2D eigenvalue weighted by Gasteiger charge is -1.79. The molecule has 0 saturated carbocycles. The molecule has 1 aromatic heterocycles. The Morgan fingerprint density at radius 1 is 1.62 bits per heavy atom. The van der Waals surface area contributed by atoms with Gasteiger partial charge >= 0.3 is 0 Å². The van der Waals surface area contributed by atoms with Crippen molar-refractivity contribution in [1.29, 1.82) is 5.41 Å². The molecule has 1 N–H and O–H groups in total. The molecule has 6 heteroatoms. The fraction of sp³-hybridized carbons (Fsp3) is 0.500. The molecule has 0 radical (unpaired) electrons. The molecule has 0 fully saturated rings. The molecule has 0 aliphatic carbocycles. The van der Waals surface area contributed by atoms with Crippen molar-refractivity contribution in [2.45, 2.75) is 0 Å². The molecule has 1 aromatic rings. The summed E-state index contributed by atoms with van der Waals surface area (Å²) < 4.78 is 2.40. The topological polar surface area (TPSA) is 59.5 Å². The molecule has 0 unspecified atom stereocenters. The summed E-state index contributed by atoms with van der Waals surface area (Å²) in [6.45, 7) is 0. The Kier molecular flexibility index (Phi) is 1.09. The van der Waals surface area contributed by atoms with E-state index in [9.17, 15) is 0 Å². The van der Waals surface area contributed by atoms with E-state index in [1.165, 1.54) is 4.68 Å². The van der Waals surface area contributed by atoms with Gasteiger partial charge in [-0.2, -0.15) is 4.09 Å². The zero-order chi connectivity index (χ0) is 6.15. The molecule has 0 amide bonds. The first-order chi connectivity index (χ1) is 3.72. The van der Waals surface area contributed by atoms with Crippen LogP contribution in [-0.4, -0.2) is 19.2 Å². The van der Waals surface area contributed by atoms with Gasteiger partial charge in [-0.05, 0) is 23.2 Å². The van der Waals surface area contributed by atoms with Crippen molar-refractivity contribution in [3.8, 4) is 0 Å². The maximum absolute atomic E-state index is 7.05. The zero-order valence-corrected chi connectivity index (χ0v) is 5.13. The quantitative estimate of drug-likeness (QED) is 0.434. The van der Waals surface area contributed by atoms with Gasteiger partial charge in [-0.25, -0.2) is 4.68 Å². The monoisotopic (exact) mass is 131 g/mol. The molecule has 5 nitrogen and oxygen atoms in total. The maximum Gasteiger partial charge on any atom is 0.248 e. The van der Waals surface area contributed by atoms with Gasteiger partial charge in [-0.1, -0.05) is 0 Å². The Morgan fingerprint density at radius 3 is 2.38 bits per heavy atom. The maximum atomic E-state index is 7.05. The minimum absolute atomic E-state index is 0.160. The molecule has 0 aliphatic rings. The van der Waals surface area contributed by atoms with Crippen LogP contribution in [0.2, 0.25) is 0 Å². The van der Waals surface area contributed by atoms with Crippen molar-refractivity contribution >= 4 is 12.8 Å². The lowest BCUT2D eigenvalue weighted by molar-refractivity contribution is 0.679. The van der Waals surface area contributed by atoms with Crippen LogP contribution in [0.3, 0.4) is 0 Å². The third kappa shape index (κ3) is 0.623. The number of aromatic nitrogens is 4. The molecule has 0 aliphatic heterocycles. The van der Waals surface area contributed by atoms with Gasteiger partial charge in [0.15, 0.2) is 0 Å². The van der Waals surface area contributed by atoms with E-state index < -0.39 is 0 Å². The van der Waals surface area contributed by atoms with Crippen LogP contribution in [0.25, 0.3) is 0 Å². The average Bonchev–Trinajstić information content (AvgIpc) is 1.98. The Hall–Kier alpha value is -0.780. The molecular weight excluding hydrogens is 126 g/mol. The third-order valence-electron chi connectivity index (χ3n) is 0.755. The van der Waals surface area contributed by atoms with Crippen LogP contribution in [-0.2, 0) is 7.05 Å². The summed E-state index contributed by atoms with van der Waals surface area (Å²) in [5.41, 5.74) is 0.160. The van der Waals surface area contributed by atoms with E-state index in [1.807, 2.05) is 0 Å². The van der Waals surface area contributed by atoms with Crippen LogP contribution in [0, 0.1) is 5.41 Å². The van der Waals surface area contributed by atoms with Crippen LogP contribution >= 0.6 is 12.8 Å². The van der Waals surface area contributed by atoms with Crippen LogP contribution in [0.4, 0.5) is 0 Å². The average molecular weight is 131 g/mol. The number of aryl methyl sites for hydroxylation is 1. The molecule has 1 rings (SSSR count). The largest absolute Gasteiger partial charge is 0.265 e. The second-order valence-electron chi connectivity index (χ2n) is 1.32. The lowest BCUT2D eigenvalue weighted by atomic mass is 11.1. The summed E-state index contributed by atoms with van der Waals surface area (Å²) in [4.78, 5) is 0. The molecule has 0 saturated heterocycles. The van der Waals surface area contributed by atoms with Gasteiger partial charge in [0, 0.05) is 7.05 Å². The van der Waals surface area contributed by atoms with Gasteiger partial charge in [0.05, 0.1) is 0 Å². The Bertz CT molecular complexity index is 210. The number of hydrogen-bond donors (Lipinski definition) is 2. The summed E-state index contributed by atoms with van der Waals surface area (Å²) in [5.74, 6) is 0. The zero-order valence-electron chi connectivity index (χ0n) is 4.24. The second kappa shape index (κ2) is 1.62. The molecule has 1 heterocycles. The number of hydrogen-bond acceptors (Lipinski definition) is 4. The predicted octanol–water partition coefficient (Wildman–Crippen LogP) is -1.21. The third-order valence-corrected chi connectivity index (χ3v) is 1.02. The SMILES string of the molecule is Cn1nnn(S)c1=N. The highest BCUT2D eigenvalue weighted by Crippen LogP contribution is 1.67. The number of rotatable bonds is 0. The summed E-state index contributed by atoms with van der Waals surface area (Å²) in [6, 6.07) is 0. The molecule has 0 spiro atoms. The fourth-order valence-corrected chi connectivity index (χ4v) is 0.477. The predicted molar refractivity (Wildman–Crippen MR) is 29.2 cm³/mol. The standard InChI is InChI=1S/C2H5N5S/c1-6-2(3)7(8)5-4-6/h3,8H,1H3. The number of tetrazole rings is 1. The highest BCUT2D eigenvalue weighted by Gasteiger charge is 1.89. The first kappa shape index (κ1) is 5.36. The van der Waals surface area contributed by atoms with Crippen LogP contribution in [0.15, 0.2) is 0 Å². The Balaban J connectivity index is 3.42. The smallest absolute Gasteiger partial charge is 0.248 e. The summed E-state index contributed by atoms with van der Waals surface area (Å²) >= 11 is 3.75. The van der Waals surface area contributed by atoms with E-state index in [-0.39, 0.29) is 5.62 Å². The van der Waals surface area contributed by atoms with Crippen molar-refractivity contribution in [2.75, 3.05) is 0 Å². The first-order valence-corrected chi connectivity index (χ1v) is 2.34. The van der Waals surface area contributed by atoms with Gasteiger partial charge in [-0.3, -0.25) is 5.41 Å². The number of nitrogens with zero attached hydrogens (tertiary/aromatic N) is 4. The van der Waals surface area contributed by atoms with Crippen molar-refractivity contribution in [1.82, 2.24) is 19.2 Å². The van der Waals surface area contributed by atoms with Crippen molar-refractivity contribution < 1.29 is 0 Å². The van der Waals surface area contributed by atoms with E-state index in [1.54, 1.807) is 7.05 Å². The van der Waals surface area contributed by atoms with Gasteiger partial charge < -0.3 is 0 Å². The molecule has 0 aromatic carbocycles. The normalized spacial score (nSPS) is 9.75. The van der Waals surface area contributed by atoms with Crippen molar-refractivity contribution in [3.05, 3.63) is 5.62 Å². The van der Waals surface area contributed by atoms with Crippen molar-refractivity contribution in [2.24, 2.45) is 7.05 Å². The van der Waals surface area contributed by atoms with E-state index in [2.05, 4.69) is 23.2 Å². The molecule has 0 atom stereocenters. The van der Waals surface area contributed by atoms with Crippen LogP contribution < -0.4 is 5.62 Å². The molecule has 8 heavy (non-hydrogen) atoms. The van der Waals surface area contributed by atoms with E-state index in [0.29, 0.717) is 0 Å². The van der Waals surface area contributed by atoms with Crippen molar-refractivity contribution in [3.63, 3.8) is 0 Å². The summed E-state index contributed by atoms with van der Waals surface area (Å²) in [7, 11) is 1.63. The minimum Gasteiger partial charge on any atom is -0.265 e. The molecule has 44 valence electrons. The number of nitrogens with one attached hydrogen (secondary N) is 1.